The van der Waals surface area contributed by atoms with Crippen LogP contribution < -0.4 is 15.0 Å². The summed E-state index contributed by atoms with van der Waals surface area (Å²) in [5.74, 6) is 0.662. The smallest absolute Gasteiger partial charge is 0.260 e. The molecule has 0 spiro atoms. The van der Waals surface area contributed by atoms with Gasteiger partial charge in [0.05, 0.1) is 0 Å². The molecule has 0 bridgehead atoms. The third-order valence-corrected chi connectivity index (χ3v) is 5.51. The number of aryl methyl sites for hydroxylation is 1. The van der Waals surface area contributed by atoms with Gasteiger partial charge < -0.3 is 15.0 Å². The summed E-state index contributed by atoms with van der Waals surface area (Å²) in [6, 6.07) is 16.7. The number of hydrogen-bond donors (Lipinski definition) is 1. The predicted molar refractivity (Wildman–Crippen MR) is 120 cm³/mol. The molecule has 0 aromatic heterocycles. The summed E-state index contributed by atoms with van der Waals surface area (Å²) in [5.41, 5.74) is 4.14. The third-order valence-electron chi connectivity index (χ3n) is 5.51. The summed E-state index contributed by atoms with van der Waals surface area (Å²) in [6.45, 7) is 11.1. The normalized spacial score (nSPS) is 14.8. The minimum atomic E-state index is -0.508. The van der Waals surface area contributed by atoms with Crippen LogP contribution in [-0.2, 0) is 16.6 Å². The van der Waals surface area contributed by atoms with E-state index < -0.39 is 6.10 Å². The first-order valence-electron chi connectivity index (χ1n) is 10.7. The van der Waals surface area contributed by atoms with Crippen molar-refractivity contribution < 1.29 is 9.53 Å². The Hall–Kier alpha value is -2.49. The van der Waals surface area contributed by atoms with Crippen LogP contribution in [0.4, 0.5) is 5.69 Å². The Morgan fingerprint density at radius 1 is 1.14 bits per heavy atom. The van der Waals surface area contributed by atoms with Crippen LogP contribution in [0.5, 0.6) is 5.75 Å². The number of hydrogen-bond acceptors (Lipinski definition) is 3. The van der Waals surface area contributed by atoms with E-state index in [-0.39, 0.29) is 11.3 Å². The van der Waals surface area contributed by atoms with Gasteiger partial charge in [-0.05, 0) is 60.9 Å². The number of carbonyl (C=O) groups is 1. The van der Waals surface area contributed by atoms with Crippen LogP contribution in [0.25, 0.3) is 0 Å². The maximum absolute atomic E-state index is 12.4. The number of nitrogens with one attached hydrogen (secondary N) is 1. The number of benzene rings is 2. The van der Waals surface area contributed by atoms with E-state index in [1.54, 1.807) is 6.92 Å². The molecule has 2 aromatic rings. The standard InChI is InChI=1S/C25H34N2O2/c1-19(29-22-14-12-21(13-15-22)25(2,3)4)24(28)26-16-8-18-27-17-7-10-20-9-5-6-11-23(20)27/h5-6,9,11-15,19H,7-8,10,16-18H2,1-4H3,(H,26,28). The molecule has 29 heavy (non-hydrogen) atoms. The van der Waals surface area contributed by atoms with Gasteiger partial charge in [-0.3, -0.25) is 4.79 Å². The Bertz CT molecular complexity index is 808. The molecule has 1 aliphatic rings. The van der Waals surface area contributed by atoms with Crippen molar-refractivity contribution >= 4 is 11.6 Å². The quantitative estimate of drug-likeness (QED) is 0.692. The highest BCUT2D eigenvalue weighted by molar-refractivity contribution is 5.80. The molecule has 1 atom stereocenters. The molecular weight excluding hydrogens is 360 g/mol. The lowest BCUT2D eigenvalue weighted by Crippen LogP contribution is -2.38. The monoisotopic (exact) mass is 394 g/mol. The van der Waals surface area contributed by atoms with E-state index >= 15 is 0 Å². The van der Waals surface area contributed by atoms with Crippen LogP contribution in [0, 0.1) is 0 Å². The highest BCUT2D eigenvalue weighted by Gasteiger charge is 2.18. The Morgan fingerprint density at radius 3 is 2.59 bits per heavy atom. The first kappa shape index (κ1) is 21.2. The maximum atomic E-state index is 12.4. The number of anilines is 1. The SMILES string of the molecule is CC(Oc1ccc(C(C)(C)C)cc1)C(=O)NCCCN1CCCc2ccccc21. The van der Waals surface area contributed by atoms with Gasteiger partial charge in [-0.25, -0.2) is 0 Å². The summed E-state index contributed by atoms with van der Waals surface area (Å²) in [6.07, 6.45) is 2.77. The van der Waals surface area contributed by atoms with Gasteiger partial charge >= 0.3 is 0 Å². The van der Waals surface area contributed by atoms with Gasteiger partial charge in [0, 0.05) is 25.3 Å². The molecule has 4 heteroatoms. The van der Waals surface area contributed by atoms with Gasteiger partial charge in [-0.15, -0.1) is 0 Å². The molecule has 0 saturated heterocycles. The van der Waals surface area contributed by atoms with Crippen molar-refractivity contribution in [1.82, 2.24) is 5.32 Å². The minimum Gasteiger partial charge on any atom is -0.481 e. The van der Waals surface area contributed by atoms with Crippen molar-refractivity contribution in [3.05, 3.63) is 59.7 Å². The van der Waals surface area contributed by atoms with Crippen molar-refractivity contribution in [2.24, 2.45) is 0 Å². The molecule has 1 aliphatic heterocycles. The zero-order chi connectivity index (χ0) is 20.9. The van der Waals surface area contributed by atoms with E-state index in [2.05, 4.69) is 67.4 Å². The van der Waals surface area contributed by atoms with E-state index in [1.807, 2.05) is 12.1 Å². The molecule has 156 valence electrons. The average molecular weight is 395 g/mol. The van der Waals surface area contributed by atoms with Crippen LogP contribution in [-0.4, -0.2) is 31.6 Å². The Morgan fingerprint density at radius 2 is 1.86 bits per heavy atom. The molecule has 0 aliphatic carbocycles. The molecule has 1 N–H and O–H groups in total. The van der Waals surface area contributed by atoms with Gasteiger partial charge in [0.2, 0.25) is 0 Å². The Balaban J connectivity index is 1.42. The van der Waals surface area contributed by atoms with Gasteiger partial charge in [0.15, 0.2) is 6.10 Å². The average Bonchev–Trinajstić information content (AvgIpc) is 2.70. The number of fused-ring (bicyclic) bond motifs is 1. The molecule has 2 aromatic carbocycles. The number of nitrogens with zero attached hydrogens (tertiary/aromatic N) is 1. The molecule has 0 fully saturated rings. The van der Waals surface area contributed by atoms with Crippen LogP contribution in [0.15, 0.2) is 48.5 Å². The van der Waals surface area contributed by atoms with Crippen molar-refractivity contribution in [3.8, 4) is 5.75 Å². The summed E-state index contributed by atoms with van der Waals surface area (Å²) in [5, 5.41) is 3.01. The van der Waals surface area contributed by atoms with Gasteiger partial charge in [0.25, 0.3) is 5.91 Å². The number of rotatable bonds is 7. The third kappa shape index (κ3) is 5.75. The zero-order valence-electron chi connectivity index (χ0n) is 18.2. The van der Waals surface area contributed by atoms with E-state index in [9.17, 15) is 4.79 Å². The molecule has 0 saturated carbocycles. The minimum absolute atomic E-state index is 0.0658. The van der Waals surface area contributed by atoms with Crippen LogP contribution in [0.3, 0.4) is 0 Å². The van der Waals surface area contributed by atoms with Gasteiger partial charge in [-0.1, -0.05) is 51.1 Å². The van der Waals surface area contributed by atoms with Gasteiger partial charge in [-0.2, -0.15) is 0 Å². The van der Waals surface area contributed by atoms with Crippen molar-refractivity contribution in [1.29, 1.82) is 0 Å². The first-order chi connectivity index (χ1) is 13.8. The Kier molecular flexibility index (Phi) is 6.83. The second-order valence-corrected chi connectivity index (χ2v) is 8.90. The number of para-hydroxylation sites is 1. The fraction of sp³-hybridized carbons (Fsp3) is 0.480. The lowest BCUT2D eigenvalue weighted by molar-refractivity contribution is -0.127. The maximum Gasteiger partial charge on any atom is 0.260 e. The topological polar surface area (TPSA) is 41.6 Å². The highest BCUT2D eigenvalue weighted by Crippen LogP contribution is 2.26. The van der Waals surface area contributed by atoms with Gasteiger partial charge in [0.1, 0.15) is 5.75 Å². The molecule has 1 unspecified atom stereocenters. The molecular formula is C25H34N2O2. The van der Waals surface area contributed by atoms with Crippen molar-refractivity contribution in [2.75, 3.05) is 24.5 Å². The van der Waals surface area contributed by atoms with E-state index in [4.69, 9.17) is 4.74 Å². The first-order valence-corrected chi connectivity index (χ1v) is 10.7. The zero-order valence-corrected chi connectivity index (χ0v) is 18.2. The summed E-state index contributed by atoms with van der Waals surface area (Å²) in [7, 11) is 0. The van der Waals surface area contributed by atoms with Crippen LogP contribution in [0.1, 0.15) is 51.7 Å². The number of amides is 1. The van der Waals surface area contributed by atoms with Crippen LogP contribution >= 0.6 is 0 Å². The Labute approximate surface area is 175 Å². The second-order valence-electron chi connectivity index (χ2n) is 8.90. The fourth-order valence-corrected chi connectivity index (χ4v) is 3.76. The summed E-state index contributed by atoms with van der Waals surface area (Å²) >= 11 is 0. The number of ether oxygens (including phenoxy) is 1. The van der Waals surface area contributed by atoms with E-state index in [1.165, 1.54) is 23.2 Å². The van der Waals surface area contributed by atoms with Crippen LogP contribution in [0.2, 0.25) is 0 Å². The second kappa shape index (κ2) is 9.34. The molecule has 0 radical (unpaired) electrons. The van der Waals surface area contributed by atoms with E-state index in [0.29, 0.717) is 6.54 Å². The molecule has 4 nitrogen and oxygen atoms in total. The largest absolute Gasteiger partial charge is 0.481 e. The summed E-state index contributed by atoms with van der Waals surface area (Å²) < 4.78 is 5.81. The summed E-state index contributed by atoms with van der Waals surface area (Å²) in [4.78, 5) is 14.8. The van der Waals surface area contributed by atoms with Crippen molar-refractivity contribution in [3.63, 3.8) is 0 Å². The molecule has 1 heterocycles. The fourth-order valence-electron chi connectivity index (χ4n) is 3.76. The lowest BCUT2D eigenvalue weighted by atomic mass is 9.87. The lowest BCUT2D eigenvalue weighted by Gasteiger charge is -2.31. The predicted octanol–water partition coefficient (Wildman–Crippen LogP) is 4.71. The molecule has 1 amide bonds. The van der Waals surface area contributed by atoms with E-state index in [0.717, 1.165) is 31.7 Å². The number of carbonyl (C=O) groups excluding carboxylic acids is 1. The van der Waals surface area contributed by atoms with Crippen molar-refractivity contribution in [2.45, 2.75) is 58.5 Å². The highest BCUT2D eigenvalue weighted by atomic mass is 16.5. The molecule has 3 rings (SSSR count).